The Balaban J connectivity index is 2.24. The van der Waals surface area contributed by atoms with Crippen molar-refractivity contribution < 1.29 is 4.79 Å². The number of benzene rings is 1. The fourth-order valence-corrected chi connectivity index (χ4v) is 2.32. The Kier molecular flexibility index (Phi) is 2.68. The highest BCUT2D eigenvalue weighted by molar-refractivity contribution is 6.01. The standard InChI is InChI=1S/C15H14N4O/c1-9-4-2-3-5-11(9)10-6-13-14(16)12(15(17)20)7-18-19(13)8-10/h2-8H,16H2,1H3,(H2,17,20). The van der Waals surface area contributed by atoms with Crippen molar-refractivity contribution in [1.82, 2.24) is 9.61 Å². The molecule has 0 unspecified atom stereocenters. The summed E-state index contributed by atoms with van der Waals surface area (Å²) in [6.07, 6.45) is 3.28. The van der Waals surface area contributed by atoms with Crippen LogP contribution in [0.3, 0.4) is 0 Å². The fourth-order valence-electron chi connectivity index (χ4n) is 2.32. The van der Waals surface area contributed by atoms with E-state index >= 15 is 0 Å². The molecule has 4 N–H and O–H groups in total. The maximum absolute atomic E-state index is 11.3. The summed E-state index contributed by atoms with van der Waals surface area (Å²) < 4.78 is 1.66. The number of nitrogen functional groups attached to an aromatic ring is 1. The quantitative estimate of drug-likeness (QED) is 0.743. The Hall–Kier alpha value is -2.82. The van der Waals surface area contributed by atoms with E-state index in [0.717, 1.165) is 16.7 Å². The minimum atomic E-state index is -0.573. The molecule has 0 aliphatic rings. The van der Waals surface area contributed by atoms with Crippen molar-refractivity contribution in [1.29, 1.82) is 0 Å². The molecule has 0 saturated heterocycles. The molecule has 0 aliphatic carbocycles. The average molecular weight is 266 g/mol. The summed E-state index contributed by atoms with van der Waals surface area (Å²) in [5.41, 5.74) is 15.8. The third kappa shape index (κ3) is 1.80. The molecular formula is C15H14N4O. The monoisotopic (exact) mass is 266 g/mol. The SMILES string of the molecule is Cc1ccccc1-c1cc2c(N)c(C(N)=O)cnn2c1. The van der Waals surface area contributed by atoms with Crippen LogP contribution in [0.2, 0.25) is 0 Å². The second-order valence-corrected chi connectivity index (χ2v) is 4.71. The Morgan fingerprint density at radius 2 is 2.05 bits per heavy atom. The van der Waals surface area contributed by atoms with Crippen molar-refractivity contribution >= 4 is 17.1 Å². The van der Waals surface area contributed by atoms with Crippen LogP contribution in [-0.4, -0.2) is 15.5 Å². The van der Waals surface area contributed by atoms with E-state index in [9.17, 15) is 4.79 Å². The second-order valence-electron chi connectivity index (χ2n) is 4.71. The first-order valence-corrected chi connectivity index (χ1v) is 6.20. The van der Waals surface area contributed by atoms with E-state index in [-0.39, 0.29) is 5.56 Å². The number of nitrogens with zero attached hydrogens (tertiary/aromatic N) is 2. The van der Waals surface area contributed by atoms with Crippen LogP contribution < -0.4 is 11.5 Å². The summed E-state index contributed by atoms with van der Waals surface area (Å²) >= 11 is 0. The molecule has 5 heteroatoms. The van der Waals surface area contributed by atoms with Gasteiger partial charge in [0.1, 0.15) is 0 Å². The minimum Gasteiger partial charge on any atom is -0.396 e. The molecule has 2 aromatic heterocycles. The first-order valence-electron chi connectivity index (χ1n) is 6.20. The molecule has 0 atom stereocenters. The van der Waals surface area contributed by atoms with Gasteiger partial charge in [-0.25, -0.2) is 4.52 Å². The predicted molar refractivity (Wildman–Crippen MR) is 78.3 cm³/mol. The molecule has 0 spiro atoms. The molecular weight excluding hydrogens is 252 g/mol. The highest BCUT2D eigenvalue weighted by Gasteiger charge is 2.13. The number of aromatic nitrogens is 2. The summed E-state index contributed by atoms with van der Waals surface area (Å²) in [7, 11) is 0. The molecule has 0 radical (unpaired) electrons. The number of anilines is 1. The van der Waals surface area contributed by atoms with Crippen LogP contribution in [0.25, 0.3) is 16.6 Å². The zero-order chi connectivity index (χ0) is 14.3. The Labute approximate surface area is 115 Å². The lowest BCUT2D eigenvalue weighted by atomic mass is 10.0. The molecule has 0 saturated carbocycles. The van der Waals surface area contributed by atoms with Crippen molar-refractivity contribution in [2.45, 2.75) is 6.92 Å². The number of hydrogen-bond donors (Lipinski definition) is 2. The van der Waals surface area contributed by atoms with Crippen molar-refractivity contribution in [3.63, 3.8) is 0 Å². The molecule has 1 aromatic carbocycles. The summed E-state index contributed by atoms with van der Waals surface area (Å²) in [6, 6.07) is 9.97. The highest BCUT2D eigenvalue weighted by Crippen LogP contribution is 2.28. The number of aryl methyl sites for hydroxylation is 1. The number of hydrogen-bond acceptors (Lipinski definition) is 3. The van der Waals surface area contributed by atoms with Crippen LogP contribution >= 0.6 is 0 Å². The summed E-state index contributed by atoms with van der Waals surface area (Å²) in [4.78, 5) is 11.3. The summed E-state index contributed by atoms with van der Waals surface area (Å²) in [5, 5.41) is 4.17. The van der Waals surface area contributed by atoms with Gasteiger partial charge in [0.15, 0.2) is 0 Å². The van der Waals surface area contributed by atoms with Crippen LogP contribution in [0.1, 0.15) is 15.9 Å². The van der Waals surface area contributed by atoms with E-state index in [2.05, 4.69) is 5.10 Å². The average Bonchev–Trinajstić information content (AvgIpc) is 2.84. The Bertz CT molecular complexity index is 820. The molecule has 3 aromatic rings. The van der Waals surface area contributed by atoms with E-state index < -0.39 is 5.91 Å². The van der Waals surface area contributed by atoms with Crippen molar-refractivity contribution in [3.8, 4) is 11.1 Å². The van der Waals surface area contributed by atoms with Crippen LogP contribution in [0, 0.1) is 6.92 Å². The number of nitrogens with two attached hydrogens (primary N) is 2. The lowest BCUT2D eigenvalue weighted by Crippen LogP contribution is -2.15. The predicted octanol–water partition coefficient (Wildman–Crippen LogP) is 1.99. The molecule has 3 rings (SSSR count). The van der Waals surface area contributed by atoms with Crippen molar-refractivity contribution in [2.75, 3.05) is 5.73 Å². The zero-order valence-corrected chi connectivity index (χ0v) is 11.0. The van der Waals surface area contributed by atoms with E-state index in [1.165, 1.54) is 6.20 Å². The summed E-state index contributed by atoms with van der Waals surface area (Å²) in [5.74, 6) is -0.573. The van der Waals surface area contributed by atoms with Crippen molar-refractivity contribution in [3.05, 3.63) is 53.9 Å². The van der Waals surface area contributed by atoms with Crippen LogP contribution in [0.15, 0.2) is 42.7 Å². The number of carbonyl (C=O) groups excluding carboxylic acids is 1. The molecule has 0 bridgehead atoms. The van der Waals surface area contributed by atoms with Crippen LogP contribution in [-0.2, 0) is 0 Å². The van der Waals surface area contributed by atoms with E-state index in [4.69, 9.17) is 11.5 Å². The van der Waals surface area contributed by atoms with E-state index in [1.54, 1.807) is 4.52 Å². The van der Waals surface area contributed by atoms with Gasteiger partial charge in [0.25, 0.3) is 5.91 Å². The highest BCUT2D eigenvalue weighted by atomic mass is 16.1. The zero-order valence-electron chi connectivity index (χ0n) is 11.0. The van der Waals surface area contributed by atoms with Gasteiger partial charge in [-0.2, -0.15) is 5.10 Å². The molecule has 0 fully saturated rings. The minimum absolute atomic E-state index is 0.243. The van der Waals surface area contributed by atoms with E-state index in [1.807, 2.05) is 43.5 Å². The van der Waals surface area contributed by atoms with Gasteiger partial charge in [-0.05, 0) is 24.1 Å². The van der Waals surface area contributed by atoms with Gasteiger partial charge < -0.3 is 11.5 Å². The molecule has 1 amide bonds. The summed E-state index contributed by atoms with van der Waals surface area (Å²) in [6.45, 7) is 2.04. The normalized spacial score (nSPS) is 10.8. The third-order valence-corrected chi connectivity index (χ3v) is 3.40. The lowest BCUT2D eigenvalue weighted by Gasteiger charge is -2.02. The number of rotatable bonds is 2. The lowest BCUT2D eigenvalue weighted by molar-refractivity contribution is 0.100. The molecule has 20 heavy (non-hydrogen) atoms. The molecule has 2 heterocycles. The van der Waals surface area contributed by atoms with Crippen molar-refractivity contribution in [2.24, 2.45) is 5.73 Å². The maximum Gasteiger partial charge on any atom is 0.252 e. The van der Waals surface area contributed by atoms with Gasteiger partial charge in [-0.15, -0.1) is 0 Å². The van der Waals surface area contributed by atoms with Gasteiger partial charge in [-0.1, -0.05) is 24.3 Å². The number of fused-ring (bicyclic) bond motifs is 1. The molecule has 100 valence electrons. The van der Waals surface area contributed by atoms with Gasteiger partial charge in [-0.3, -0.25) is 4.79 Å². The molecule has 0 aliphatic heterocycles. The van der Waals surface area contributed by atoms with Crippen LogP contribution in [0.5, 0.6) is 0 Å². The number of amides is 1. The number of primary amides is 1. The second kappa shape index (κ2) is 4.38. The van der Waals surface area contributed by atoms with Gasteiger partial charge in [0.05, 0.1) is 23.0 Å². The first-order chi connectivity index (χ1) is 9.58. The fraction of sp³-hybridized carbons (Fsp3) is 0.0667. The topological polar surface area (TPSA) is 86.4 Å². The smallest absolute Gasteiger partial charge is 0.252 e. The third-order valence-electron chi connectivity index (χ3n) is 3.40. The first kappa shape index (κ1) is 12.2. The van der Waals surface area contributed by atoms with Gasteiger partial charge in [0.2, 0.25) is 0 Å². The van der Waals surface area contributed by atoms with Gasteiger partial charge >= 0.3 is 0 Å². The maximum atomic E-state index is 11.3. The molecule has 5 nitrogen and oxygen atoms in total. The van der Waals surface area contributed by atoms with Crippen LogP contribution in [0.4, 0.5) is 5.69 Å². The van der Waals surface area contributed by atoms with Gasteiger partial charge in [0, 0.05) is 11.8 Å². The Morgan fingerprint density at radius 1 is 1.30 bits per heavy atom. The largest absolute Gasteiger partial charge is 0.396 e. The van der Waals surface area contributed by atoms with E-state index in [0.29, 0.717) is 11.2 Å². The number of carbonyl (C=O) groups is 1. The Morgan fingerprint density at radius 3 is 2.75 bits per heavy atom.